The zero-order chi connectivity index (χ0) is 10.4. The lowest BCUT2D eigenvalue weighted by molar-refractivity contribution is -0.116. The average molecular weight is 190 g/mol. The number of aromatic nitrogens is 1. The molecular weight excluding hydrogens is 176 g/mol. The molecule has 1 aromatic heterocycles. The van der Waals surface area contributed by atoms with E-state index in [1.165, 1.54) is 6.08 Å². The zero-order valence-electron chi connectivity index (χ0n) is 8.45. The van der Waals surface area contributed by atoms with Crippen molar-refractivity contribution >= 4 is 5.91 Å². The van der Waals surface area contributed by atoms with E-state index in [2.05, 4.69) is 10.3 Å². The summed E-state index contributed by atoms with van der Waals surface area (Å²) in [5.74, 6) is -0.0872. The third kappa shape index (κ3) is 3.39. The van der Waals surface area contributed by atoms with Crippen LogP contribution in [0.5, 0.6) is 0 Å². The van der Waals surface area contributed by atoms with Gasteiger partial charge in [0.1, 0.15) is 0 Å². The van der Waals surface area contributed by atoms with Gasteiger partial charge < -0.3 is 5.32 Å². The van der Waals surface area contributed by atoms with Gasteiger partial charge in [-0.1, -0.05) is 12.1 Å². The Morgan fingerprint density at radius 3 is 3.00 bits per heavy atom. The van der Waals surface area contributed by atoms with Gasteiger partial charge in [-0.05, 0) is 32.1 Å². The van der Waals surface area contributed by atoms with Crippen molar-refractivity contribution < 1.29 is 4.79 Å². The molecule has 0 aliphatic rings. The molecule has 0 atom stereocenters. The Bertz CT molecular complexity index is 345. The molecule has 3 nitrogen and oxygen atoms in total. The number of amides is 1. The number of aryl methyl sites for hydroxylation is 1. The van der Waals surface area contributed by atoms with Crippen LogP contribution in [0.1, 0.15) is 18.3 Å². The highest BCUT2D eigenvalue weighted by Gasteiger charge is 1.96. The van der Waals surface area contributed by atoms with E-state index in [1.807, 2.05) is 32.0 Å². The van der Waals surface area contributed by atoms with Gasteiger partial charge in [-0.15, -0.1) is 0 Å². The molecule has 0 aliphatic carbocycles. The molecule has 74 valence electrons. The van der Waals surface area contributed by atoms with E-state index in [-0.39, 0.29) is 5.91 Å². The summed E-state index contributed by atoms with van der Waals surface area (Å²) in [7, 11) is 0. The summed E-state index contributed by atoms with van der Waals surface area (Å²) in [5, 5.41) is 2.74. The fourth-order valence-electron chi connectivity index (χ4n) is 1.09. The molecule has 1 heterocycles. The van der Waals surface area contributed by atoms with Crippen LogP contribution in [0.25, 0.3) is 0 Å². The number of carbonyl (C=O) groups is 1. The SMILES string of the molecule is CC=CC(=O)NCc1cccc(C)n1. The number of pyridine rings is 1. The summed E-state index contributed by atoms with van der Waals surface area (Å²) in [6.07, 6.45) is 3.20. The Morgan fingerprint density at radius 1 is 1.57 bits per heavy atom. The molecule has 1 amide bonds. The maximum absolute atomic E-state index is 11.1. The summed E-state index contributed by atoms with van der Waals surface area (Å²) < 4.78 is 0. The number of nitrogens with zero attached hydrogens (tertiary/aromatic N) is 1. The lowest BCUT2D eigenvalue weighted by atomic mass is 10.3. The van der Waals surface area contributed by atoms with Crippen LogP contribution in [-0.2, 0) is 11.3 Å². The number of carbonyl (C=O) groups excluding carboxylic acids is 1. The molecule has 0 aliphatic heterocycles. The smallest absolute Gasteiger partial charge is 0.243 e. The summed E-state index contributed by atoms with van der Waals surface area (Å²) >= 11 is 0. The second kappa shape index (κ2) is 5.17. The minimum absolute atomic E-state index is 0.0872. The molecule has 0 saturated carbocycles. The van der Waals surface area contributed by atoms with Crippen molar-refractivity contribution in [2.24, 2.45) is 0 Å². The molecular formula is C11H14N2O. The van der Waals surface area contributed by atoms with Crippen LogP contribution in [0.2, 0.25) is 0 Å². The Balaban J connectivity index is 2.49. The van der Waals surface area contributed by atoms with Gasteiger partial charge in [0, 0.05) is 5.69 Å². The van der Waals surface area contributed by atoms with Gasteiger partial charge >= 0.3 is 0 Å². The fraction of sp³-hybridized carbons (Fsp3) is 0.273. The topological polar surface area (TPSA) is 42.0 Å². The van der Waals surface area contributed by atoms with Gasteiger partial charge in [-0.3, -0.25) is 9.78 Å². The predicted octanol–water partition coefficient (Wildman–Crippen LogP) is 1.58. The van der Waals surface area contributed by atoms with Crippen LogP contribution >= 0.6 is 0 Å². The van der Waals surface area contributed by atoms with E-state index < -0.39 is 0 Å². The largest absolute Gasteiger partial charge is 0.347 e. The van der Waals surface area contributed by atoms with Gasteiger partial charge in [0.05, 0.1) is 12.2 Å². The molecule has 3 heteroatoms. The van der Waals surface area contributed by atoms with Gasteiger partial charge in [-0.2, -0.15) is 0 Å². The van der Waals surface area contributed by atoms with Gasteiger partial charge in [0.25, 0.3) is 0 Å². The first kappa shape index (κ1) is 10.4. The van der Waals surface area contributed by atoms with E-state index in [9.17, 15) is 4.79 Å². The standard InChI is InChI=1S/C11H14N2O/c1-3-5-11(14)12-8-10-7-4-6-9(2)13-10/h3-7H,8H2,1-2H3,(H,12,14). The van der Waals surface area contributed by atoms with Crippen LogP contribution in [0.15, 0.2) is 30.4 Å². The van der Waals surface area contributed by atoms with Crippen molar-refractivity contribution in [3.8, 4) is 0 Å². The maximum atomic E-state index is 11.1. The second-order valence-corrected chi connectivity index (χ2v) is 2.99. The first-order chi connectivity index (χ1) is 6.72. The van der Waals surface area contributed by atoms with Crippen LogP contribution in [0.4, 0.5) is 0 Å². The Kier molecular flexibility index (Phi) is 3.85. The first-order valence-electron chi connectivity index (χ1n) is 4.55. The maximum Gasteiger partial charge on any atom is 0.243 e. The predicted molar refractivity (Wildman–Crippen MR) is 55.6 cm³/mol. The highest BCUT2D eigenvalue weighted by molar-refractivity contribution is 5.87. The highest BCUT2D eigenvalue weighted by Crippen LogP contribution is 1.97. The van der Waals surface area contributed by atoms with Crippen molar-refractivity contribution in [1.82, 2.24) is 10.3 Å². The number of rotatable bonds is 3. The molecule has 1 N–H and O–H groups in total. The van der Waals surface area contributed by atoms with E-state index in [0.717, 1.165) is 11.4 Å². The molecule has 1 aromatic rings. The van der Waals surface area contributed by atoms with Crippen LogP contribution in [0.3, 0.4) is 0 Å². The summed E-state index contributed by atoms with van der Waals surface area (Å²) in [6, 6.07) is 5.75. The second-order valence-electron chi connectivity index (χ2n) is 2.99. The Labute approximate surface area is 83.9 Å². The van der Waals surface area contributed by atoms with Crippen LogP contribution in [-0.4, -0.2) is 10.9 Å². The van der Waals surface area contributed by atoms with E-state index in [0.29, 0.717) is 6.54 Å². The van der Waals surface area contributed by atoms with Gasteiger partial charge in [0.15, 0.2) is 0 Å². The van der Waals surface area contributed by atoms with Crippen LogP contribution in [0, 0.1) is 6.92 Å². The van der Waals surface area contributed by atoms with E-state index in [1.54, 1.807) is 6.08 Å². The lowest BCUT2D eigenvalue weighted by Gasteiger charge is -2.02. The summed E-state index contributed by atoms with van der Waals surface area (Å²) in [6.45, 7) is 4.21. The molecule has 0 fully saturated rings. The molecule has 0 spiro atoms. The van der Waals surface area contributed by atoms with Crippen molar-refractivity contribution in [3.05, 3.63) is 41.7 Å². The van der Waals surface area contributed by atoms with Crippen molar-refractivity contribution in [1.29, 1.82) is 0 Å². The third-order valence-corrected chi connectivity index (χ3v) is 1.71. The molecule has 1 rings (SSSR count). The molecule has 0 radical (unpaired) electrons. The number of nitrogens with one attached hydrogen (secondary N) is 1. The first-order valence-corrected chi connectivity index (χ1v) is 4.55. The van der Waals surface area contributed by atoms with Crippen molar-refractivity contribution in [2.45, 2.75) is 20.4 Å². The van der Waals surface area contributed by atoms with Crippen molar-refractivity contribution in [3.63, 3.8) is 0 Å². The minimum Gasteiger partial charge on any atom is -0.347 e. The monoisotopic (exact) mass is 190 g/mol. The highest BCUT2D eigenvalue weighted by atomic mass is 16.1. The summed E-state index contributed by atoms with van der Waals surface area (Å²) in [5.41, 5.74) is 1.84. The molecule has 0 aromatic carbocycles. The lowest BCUT2D eigenvalue weighted by Crippen LogP contribution is -2.20. The quantitative estimate of drug-likeness (QED) is 0.735. The number of allylic oxidation sites excluding steroid dienone is 1. The fourth-order valence-corrected chi connectivity index (χ4v) is 1.09. The van der Waals surface area contributed by atoms with Crippen molar-refractivity contribution in [2.75, 3.05) is 0 Å². The number of hydrogen-bond donors (Lipinski definition) is 1. The number of hydrogen-bond acceptors (Lipinski definition) is 2. The minimum atomic E-state index is -0.0872. The molecule has 0 bridgehead atoms. The Morgan fingerprint density at radius 2 is 2.36 bits per heavy atom. The average Bonchev–Trinajstić information content (AvgIpc) is 2.15. The van der Waals surface area contributed by atoms with E-state index >= 15 is 0 Å². The molecule has 14 heavy (non-hydrogen) atoms. The van der Waals surface area contributed by atoms with E-state index in [4.69, 9.17) is 0 Å². The van der Waals surface area contributed by atoms with Gasteiger partial charge in [0.2, 0.25) is 5.91 Å². The zero-order valence-corrected chi connectivity index (χ0v) is 8.45. The van der Waals surface area contributed by atoms with Crippen LogP contribution < -0.4 is 5.32 Å². The molecule has 0 unspecified atom stereocenters. The third-order valence-electron chi connectivity index (χ3n) is 1.71. The normalized spacial score (nSPS) is 10.4. The van der Waals surface area contributed by atoms with Gasteiger partial charge in [-0.25, -0.2) is 0 Å². The molecule has 0 saturated heterocycles. The summed E-state index contributed by atoms with van der Waals surface area (Å²) in [4.78, 5) is 15.3. The Hall–Kier alpha value is -1.64.